The van der Waals surface area contributed by atoms with Crippen LogP contribution in [0.2, 0.25) is 0 Å². The molecule has 1 aliphatic carbocycles. The van der Waals surface area contributed by atoms with Gasteiger partial charge in [-0.1, -0.05) is 26.7 Å². The third kappa shape index (κ3) is 4.88. The fourth-order valence-electron chi connectivity index (χ4n) is 2.27. The molecule has 94 valence electrons. The molecule has 3 heteroatoms. The Labute approximate surface area is 104 Å². The molecule has 0 atom stereocenters. The molecule has 0 aromatic heterocycles. The van der Waals surface area contributed by atoms with Gasteiger partial charge < -0.3 is 4.90 Å². The normalized spacial score (nSPS) is 17.2. The van der Waals surface area contributed by atoms with Crippen LogP contribution in [0.25, 0.3) is 0 Å². The predicted molar refractivity (Wildman–Crippen MR) is 72.1 cm³/mol. The van der Waals surface area contributed by atoms with Gasteiger partial charge in [0.1, 0.15) is 5.78 Å². The van der Waals surface area contributed by atoms with Gasteiger partial charge in [0.15, 0.2) is 0 Å². The summed E-state index contributed by atoms with van der Waals surface area (Å²) in [6, 6.07) is 0. The number of thioether (sulfide) groups is 1. The molecule has 0 saturated heterocycles. The number of Topliss-reactive ketones (excluding diaryl/α,β-unsaturated/α-hetero) is 1. The predicted octanol–water partition coefficient (Wildman–Crippen LogP) is 2.82. The minimum Gasteiger partial charge on any atom is -0.303 e. The second kappa shape index (κ2) is 8.13. The van der Waals surface area contributed by atoms with Crippen molar-refractivity contribution in [1.82, 2.24) is 4.90 Å². The van der Waals surface area contributed by atoms with E-state index in [-0.39, 0.29) is 0 Å². The second-order valence-electron chi connectivity index (χ2n) is 4.53. The highest BCUT2D eigenvalue weighted by molar-refractivity contribution is 7.99. The molecule has 1 rings (SSSR count). The van der Waals surface area contributed by atoms with E-state index >= 15 is 0 Å². The monoisotopic (exact) mass is 243 g/mol. The lowest BCUT2D eigenvalue weighted by Gasteiger charge is -2.17. The van der Waals surface area contributed by atoms with Gasteiger partial charge in [-0.15, -0.1) is 0 Å². The molecule has 0 aromatic carbocycles. The first-order valence-electron chi connectivity index (χ1n) is 6.60. The summed E-state index contributed by atoms with van der Waals surface area (Å²) in [7, 11) is 0. The fraction of sp³-hybridized carbons (Fsp3) is 0.923. The van der Waals surface area contributed by atoms with Crippen LogP contribution in [0, 0.1) is 5.92 Å². The number of carbonyl (C=O) groups excluding carboxylic acids is 1. The molecule has 1 saturated carbocycles. The van der Waals surface area contributed by atoms with Crippen LogP contribution in [0.1, 0.15) is 39.5 Å². The number of hydrogen-bond donors (Lipinski definition) is 0. The average molecular weight is 243 g/mol. The molecule has 0 radical (unpaired) electrons. The zero-order chi connectivity index (χ0) is 11.8. The molecule has 0 N–H and O–H groups in total. The largest absolute Gasteiger partial charge is 0.303 e. The summed E-state index contributed by atoms with van der Waals surface area (Å²) in [5.74, 6) is 2.74. The Bertz CT molecular complexity index is 198. The Morgan fingerprint density at radius 2 is 1.88 bits per heavy atom. The van der Waals surface area contributed by atoms with Gasteiger partial charge in [-0.25, -0.2) is 0 Å². The molecule has 1 aliphatic rings. The highest BCUT2D eigenvalue weighted by Gasteiger charge is 2.21. The first-order chi connectivity index (χ1) is 7.77. The Hall–Kier alpha value is -0.0200. The van der Waals surface area contributed by atoms with E-state index in [9.17, 15) is 4.79 Å². The van der Waals surface area contributed by atoms with Crippen molar-refractivity contribution >= 4 is 17.5 Å². The zero-order valence-electron chi connectivity index (χ0n) is 10.7. The van der Waals surface area contributed by atoms with Crippen molar-refractivity contribution in [2.24, 2.45) is 5.92 Å². The lowest BCUT2D eigenvalue weighted by atomic mass is 10.0. The number of carbonyl (C=O) groups is 1. The van der Waals surface area contributed by atoms with Gasteiger partial charge in [-0.3, -0.25) is 4.79 Å². The smallest absolute Gasteiger partial charge is 0.145 e. The van der Waals surface area contributed by atoms with Gasteiger partial charge in [0.25, 0.3) is 0 Å². The first kappa shape index (κ1) is 14.0. The van der Waals surface area contributed by atoms with E-state index < -0.39 is 0 Å². The maximum Gasteiger partial charge on any atom is 0.145 e. The van der Waals surface area contributed by atoms with Crippen LogP contribution in [0.15, 0.2) is 0 Å². The van der Waals surface area contributed by atoms with Gasteiger partial charge in [0.2, 0.25) is 0 Å². The SMILES string of the molecule is CCN(CC)CCSCC(=O)C1CCCC1. The van der Waals surface area contributed by atoms with E-state index in [0.29, 0.717) is 11.7 Å². The molecular weight excluding hydrogens is 218 g/mol. The van der Waals surface area contributed by atoms with Gasteiger partial charge in [0, 0.05) is 18.2 Å². The van der Waals surface area contributed by atoms with Crippen LogP contribution < -0.4 is 0 Å². The van der Waals surface area contributed by atoms with Crippen molar-refractivity contribution in [2.45, 2.75) is 39.5 Å². The van der Waals surface area contributed by atoms with Crippen LogP contribution in [-0.4, -0.2) is 41.8 Å². The topological polar surface area (TPSA) is 20.3 Å². The van der Waals surface area contributed by atoms with E-state index in [1.807, 2.05) is 11.8 Å². The minimum absolute atomic E-state index is 0.404. The molecule has 0 aromatic rings. The van der Waals surface area contributed by atoms with E-state index in [1.54, 1.807) is 0 Å². The number of ketones is 1. The summed E-state index contributed by atoms with van der Waals surface area (Å²) in [5.41, 5.74) is 0. The summed E-state index contributed by atoms with van der Waals surface area (Å²) >= 11 is 1.82. The number of nitrogens with zero attached hydrogens (tertiary/aromatic N) is 1. The van der Waals surface area contributed by atoms with E-state index in [4.69, 9.17) is 0 Å². The maximum atomic E-state index is 11.8. The standard InChI is InChI=1S/C13H25NOS/c1-3-14(4-2)9-10-16-11-13(15)12-7-5-6-8-12/h12H,3-11H2,1-2H3. The van der Waals surface area contributed by atoms with E-state index in [2.05, 4.69) is 18.7 Å². The van der Waals surface area contributed by atoms with Gasteiger partial charge in [-0.2, -0.15) is 11.8 Å². The highest BCUT2D eigenvalue weighted by Crippen LogP contribution is 2.26. The van der Waals surface area contributed by atoms with E-state index in [1.165, 1.54) is 12.8 Å². The molecule has 0 unspecified atom stereocenters. The molecular formula is C13H25NOS. The van der Waals surface area contributed by atoms with Crippen molar-refractivity contribution in [2.75, 3.05) is 31.1 Å². The zero-order valence-corrected chi connectivity index (χ0v) is 11.5. The molecule has 2 nitrogen and oxygen atoms in total. The maximum absolute atomic E-state index is 11.8. The summed E-state index contributed by atoms with van der Waals surface area (Å²) < 4.78 is 0. The molecule has 0 heterocycles. The van der Waals surface area contributed by atoms with Crippen molar-refractivity contribution in [3.05, 3.63) is 0 Å². The Morgan fingerprint density at radius 3 is 2.44 bits per heavy atom. The summed E-state index contributed by atoms with van der Waals surface area (Å²) in [6.45, 7) is 7.74. The van der Waals surface area contributed by atoms with Gasteiger partial charge in [-0.05, 0) is 25.9 Å². The summed E-state index contributed by atoms with van der Waals surface area (Å²) in [5, 5.41) is 0. The Kier molecular flexibility index (Phi) is 7.13. The highest BCUT2D eigenvalue weighted by atomic mass is 32.2. The van der Waals surface area contributed by atoms with Crippen molar-refractivity contribution in [3.8, 4) is 0 Å². The van der Waals surface area contributed by atoms with Crippen molar-refractivity contribution < 1.29 is 4.79 Å². The number of rotatable bonds is 8. The molecule has 0 aliphatic heterocycles. The van der Waals surface area contributed by atoms with Crippen molar-refractivity contribution in [1.29, 1.82) is 0 Å². The van der Waals surface area contributed by atoms with E-state index in [0.717, 1.165) is 44.0 Å². The lowest BCUT2D eigenvalue weighted by molar-refractivity contribution is -0.120. The minimum atomic E-state index is 0.404. The van der Waals surface area contributed by atoms with Crippen LogP contribution in [0.4, 0.5) is 0 Å². The second-order valence-corrected chi connectivity index (χ2v) is 5.63. The number of hydrogen-bond acceptors (Lipinski definition) is 3. The van der Waals surface area contributed by atoms with Crippen molar-refractivity contribution in [3.63, 3.8) is 0 Å². The molecule has 16 heavy (non-hydrogen) atoms. The molecule has 0 amide bonds. The van der Waals surface area contributed by atoms with Gasteiger partial charge in [0.05, 0.1) is 5.75 Å². The van der Waals surface area contributed by atoms with Crippen LogP contribution in [-0.2, 0) is 4.79 Å². The van der Waals surface area contributed by atoms with Gasteiger partial charge >= 0.3 is 0 Å². The third-order valence-corrected chi connectivity index (χ3v) is 4.46. The molecule has 0 bridgehead atoms. The van der Waals surface area contributed by atoms with Crippen LogP contribution in [0.3, 0.4) is 0 Å². The first-order valence-corrected chi connectivity index (χ1v) is 7.76. The Morgan fingerprint density at radius 1 is 1.25 bits per heavy atom. The molecule has 0 spiro atoms. The summed E-state index contributed by atoms with van der Waals surface area (Å²) in [4.78, 5) is 14.2. The average Bonchev–Trinajstić information content (AvgIpc) is 2.82. The lowest BCUT2D eigenvalue weighted by Crippen LogP contribution is -2.25. The fourth-order valence-corrected chi connectivity index (χ4v) is 3.24. The quantitative estimate of drug-likeness (QED) is 0.611. The Balaban J connectivity index is 2.03. The molecule has 1 fully saturated rings. The third-order valence-electron chi connectivity index (χ3n) is 3.50. The van der Waals surface area contributed by atoms with Crippen LogP contribution >= 0.6 is 11.8 Å². The summed E-state index contributed by atoms with van der Waals surface area (Å²) in [6.07, 6.45) is 4.83. The van der Waals surface area contributed by atoms with Crippen LogP contribution in [0.5, 0.6) is 0 Å².